The molecule has 0 aliphatic rings. The van der Waals surface area contributed by atoms with Crippen molar-refractivity contribution in [3.05, 3.63) is 42.0 Å². The van der Waals surface area contributed by atoms with Gasteiger partial charge in [0.15, 0.2) is 0 Å². The van der Waals surface area contributed by atoms with Crippen LogP contribution in [0.2, 0.25) is 0 Å². The van der Waals surface area contributed by atoms with Crippen molar-refractivity contribution in [2.75, 3.05) is 6.54 Å². The highest BCUT2D eigenvalue weighted by molar-refractivity contribution is 7.99. The zero-order chi connectivity index (χ0) is 11.4. The Hall–Kier alpha value is -1.33. The Labute approximate surface area is 98.3 Å². The quantitative estimate of drug-likeness (QED) is 0.823. The molecule has 0 saturated heterocycles. The van der Waals surface area contributed by atoms with Crippen molar-refractivity contribution in [2.45, 2.75) is 17.4 Å². The molecule has 0 saturated carbocycles. The van der Waals surface area contributed by atoms with Crippen LogP contribution in [-0.2, 0) is 0 Å². The summed E-state index contributed by atoms with van der Waals surface area (Å²) in [5.74, 6) is 0. The van der Waals surface area contributed by atoms with Gasteiger partial charge in [0, 0.05) is 12.7 Å². The summed E-state index contributed by atoms with van der Waals surface area (Å²) in [6.45, 7) is 2.40. The molecular formula is C11H13N3OS. The van der Waals surface area contributed by atoms with Crippen LogP contribution in [0, 0.1) is 6.92 Å². The van der Waals surface area contributed by atoms with Crippen LogP contribution < -0.4 is 5.73 Å². The molecule has 4 nitrogen and oxygen atoms in total. The molecule has 1 atom stereocenters. The zero-order valence-corrected chi connectivity index (χ0v) is 9.78. The van der Waals surface area contributed by atoms with E-state index in [9.17, 15) is 0 Å². The number of nitrogens with zero attached hydrogens (tertiary/aromatic N) is 2. The third-order valence-corrected chi connectivity index (χ3v) is 3.18. The standard InChI is InChI=1S/C11H13N3OS/c1-8-7-15-11(14-8)16-10(6-12)9-4-2-3-5-13-9/h2-5,7,10H,6,12H2,1H3. The van der Waals surface area contributed by atoms with Gasteiger partial charge in [0.05, 0.1) is 16.6 Å². The van der Waals surface area contributed by atoms with Gasteiger partial charge >= 0.3 is 0 Å². The van der Waals surface area contributed by atoms with E-state index in [1.165, 1.54) is 11.8 Å². The van der Waals surface area contributed by atoms with Crippen LogP contribution in [0.4, 0.5) is 0 Å². The minimum atomic E-state index is 0.0826. The molecule has 2 aromatic heterocycles. The van der Waals surface area contributed by atoms with Crippen LogP contribution in [0.5, 0.6) is 0 Å². The number of aryl methyl sites for hydroxylation is 1. The second-order valence-corrected chi connectivity index (χ2v) is 4.51. The molecule has 1 unspecified atom stereocenters. The van der Waals surface area contributed by atoms with E-state index < -0.39 is 0 Å². The minimum absolute atomic E-state index is 0.0826. The van der Waals surface area contributed by atoms with Crippen molar-refractivity contribution in [3.8, 4) is 0 Å². The van der Waals surface area contributed by atoms with Crippen molar-refractivity contribution in [1.82, 2.24) is 9.97 Å². The molecule has 5 heteroatoms. The van der Waals surface area contributed by atoms with Gasteiger partial charge in [-0.3, -0.25) is 4.98 Å². The van der Waals surface area contributed by atoms with Crippen LogP contribution in [-0.4, -0.2) is 16.5 Å². The fourth-order valence-electron chi connectivity index (χ4n) is 1.30. The molecule has 0 aliphatic heterocycles. The maximum atomic E-state index is 5.73. The van der Waals surface area contributed by atoms with Gasteiger partial charge in [-0.05, 0) is 19.1 Å². The maximum absolute atomic E-state index is 5.73. The van der Waals surface area contributed by atoms with Crippen molar-refractivity contribution in [1.29, 1.82) is 0 Å². The highest BCUT2D eigenvalue weighted by Gasteiger charge is 2.15. The number of rotatable bonds is 4. The molecule has 2 heterocycles. The highest BCUT2D eigenvalue weighted by atomic mass is 32.2. The van der Waals surface area contributed by atoms with Crippen LogP contribution in [0.25, 0.3) is 0 Å². The lowest BCUT2D eigenvalue weighted by Gasteiger charge is -2.10. The lowest BCUT2D eigenvalue weighted by molar-refractivity contribution is 0.453. The first kappa shape index (κ1) is 11.2. The van der Waals surface area contributed by atoms with Crippen LogP contribution >= 0.6 is 11.8 Å². The predicted octanol–water partition coefficient (Wildman–Crippen LogP) is 2.17. The van der Waals surface area contributed by atoms with Crippen molar-refractivity contribution >= 4 is 11.8 Å². The number of thioether (sulfide) groups is 1. The molecular weight excluding hydrogens is 222 g/mol. The topological polar surface area (TPSA) is 64.9 Å². The molecule has 0 fully saturated rings. The van der Waals surface area contributed by atoms with Crippen molar-refractivity contribution in [2.24, 2.45) is 5.73 Å². The Morgan fingerprint density at radius 3 is 2.94 bits per heavy atom. The third-order valence-electron chi connectivity index (χ3n) is 2.07. The lowest BCUT2D eigenvalue weighted by Crippen LogP contribution is -2.10. The Morgan fingerprint density at radius 1 is 1.50 bits per heavy atom. The molecule has 0 aromatic carbocycles. The number of pyridine rings is 1. The van der Waals surface area contributed by atoms with E-state index in [0.717, 1.165) is 11.4 Å². The van der Waals surface area contributed by atoms with Crippen molar-refractivity contribution in [3.63, 3.8) is 0 Å². The Bertz CT molecular complexity index is 444. The van der Waals surface area contributed by atoms with Gasteiger partial charge in [-0.2, -0.15) is 0 Å². The molecule has 0 aliphatic carbocycles. The van der Waals surface area contributed by atoms with E-state index in [0.29, 0.717) is 11.8 Å². The normalized spacial score (nSPS) is 12.6. The molecule has 0 radical (unpaired) electrons. The van der Waals surface area contributed by atoms with Gasteiger partial charge in [0.1, 0.15) is 6.26 Å². The Balaban J connectivity index is 2.12. The van der Waals surface area contributed by atoms with Crippen LogP contribution in [0.3, 0.4) is 0 Å². The number of nitrogens with two attached hydrogens (primary N) is 1. The van der Waals surface area contributed by atoms with Gasteiger partial charge in [-0.25, -0.2) is 4.98 Å². The molecule has 0 amide bonds. The maximum Gasteiger partial charge on any atom is 0.256 e. The summed E-state index contributed by atoms with van der Waals surface area (Å²) in [5.41, 5.74) is 7.55. The number of oxazole rings is 1. The van der Waals surface area contributed by atoms with Gasteiger partial charge < -0.3 is 10.2 Å². The fraction of sp³-hybridized carbons (Fsp3) is 0.273. The summed E-state index contributed by atoms with van der Waals surface area (Å²) >= 11 is 1.50. The molecule has 0 spiro atoms. The fourth-order valence-corrected chi connectivity index (χ4v) is 2.20. The molecule has 2 N–H and O–H groups in total. The number of aromatic nitrogens is 2. The first-order valence-electron chi connectivity index (χ1n) is 4.99. The van der Waals surface area contributed by atoms with E-state index in [1.54, 1.807) is 12.5 Å². The SMILES string of the molecule is Cc1coc(SC(CN)c2ccccn2)n1. The third kappa shape index (κ3) is 2.62. The summed E-state index contributed by atoms with van der Waals surface area (Å²) in [7, 11) is 0. The zero-order valence-electron chi connectivity index (χ0n) is 8.96. The summed E-state index contributed by atoms with van der Waals surface area (Å²) in [4.78, 5) is 8.52. The van der Waals surface area contributed by atoms with Gasteiger partial charge in [-0.15, -0.1) is 0 Å². The monoisotopic (exact) mass is 235 g/mol. The van der Waals surface area contributed by atoms with E-state index >= 15 is 0 Å². The second kappa shape index (κ2) is 5.14. The Kier molecular flexibility index (Phi) is 3.58. The Morgan fingerprint density at radius 2 is 2.38 bits per heavy atom. The van der Waals surface area contributed by atoms with E-state index in [2.05, 4.69) is 9.97 Å². The van der Waals surface area contributed by atoms with Crippen LogP contribution in [0.1, 0.15) is 16.6 Å². The number of hydrogen-bond acceptors (Lipinski definition) is 5. The summed E-state index contributed by atoms with van der Waals surface area (Å²) in [6, 6.07) is 5.80. The second-order valence-electron chi connectivity index (χ2n) is 3.35. The molecule has 16 heavy (non-hydrogen) atoms. The van der Waals surface area contributed by atoms with E-state index in [4.69, 9.17) is 10.2 Å². The summed E-state index contributed by atoms with van der Waals surface area (Å²) in [6.07, 6.45) is 3.40. The summed E-state index contributed by atoms with van der Waals surface area (Å²) < 4.78 is 5.29. The molecule has 2 aromatic rings. The molecule has 0 bridgehead atoms. The lowest BCUT2D eigenvalue weighted by atomic mass is 10.3. The largest absolute Gasteiger partial charge is 0.440 e. The predicted molar refractivity (Wildman–Crippen MR) is 63.1 cm³/mol. The van der Waals surface area contributed by atoms with Gasteiger partial charge in [0.2, 0.25) is 0 Å². The average Bonchev–Trinajstić information content (AvgIpc) is 2.73. The molecule has 84 valence electrons. The van der Waals surface area contributed by atoms with Crippen molar-refractivity contribution < 1.29 is 4.42 Å². The minimum Gasteiger partial charge on any atom is -0.440 e. The summed E-state index contributed by atoms with van der Waals surface area (Å²) in [5, 5.41) is 0.720. The van der Waals surface area contributed by atoms with E-state index in [-0.39, 0.29) is 5.25 Å². The average molecular weight is 235 g/mol. The smallest absolute Gasteiger partial charge is 0.256 e. The van der Waals surface area contributed by atoms with E-state index in [1.807, 2.05) is 25.1 Å². The molecule has 2 rings (SSSR count). The first-order chi connectivity index (χ1) is 7.79. The first-order valence-corrected chi connectivity index (χ1v) is 5.87. The van der Waals surface area contributed by atoms with Gasteiger partial charge in [0.25, 0.3) is 5.22 Å². The number of hydrogen-bond donors (Lipinski definition) is 1. The van der Waals surface area contributed by atoms with Crippen LogP contribution in [0.15, 0.2) is 40.3 Å². The van der Waals surface area contributed by atoms with Gasteiger partial charge in [-0.1, -0.05) is 17.8 Å². The highest BCUT2D eigenvalue weighted by Crippen LogP contribution is 2.32.